The van der Waals surface area contributed by atoms with Crippen LogP contribution in [0.3, 0.4) is 0 Å². The van der Waals surface area contributed by atoms with Crippen LogP contribution in [-0.2, 0) is 20.9 Å². The molecule has 1 atom stereocenters. The molecule has 10 heteroatoms. The van der Waals surface area contributed by atoms with Gasteiger partial charge in [0.05, 0.1) is 36.9 Å². The number of carbonyl (C=O) groups excluding carboxylic acids is 1. The van der Waals surface area contributed by atoms with E-state index in [1.165, 1.54) is 23.5 Å². The van der Waals surface area contributed by atoms with Crippen LogP contribution in [0.1, 0.15) is 29.0 Å². The number of rotatable bonds is 7. The van der Waals surface area contributed by atoms with Crippen molar-refractivity contribution < 1.29 is 23.8 Å². The number of morpholine rings is 1. The maximum atomic E-state index is 13.8. The van der Waals surface area contributed by atoms with Crippen molar-refractivity contribution >= 4 is 39.1 Å². The van der Waals surface area contributed by atoms with Crippen LogP contribution in [0.4, 0.5) is 4.39 Å². The number of aliphatic hydroxyl groups is 1. The summed E-state index contributed by atoms with van der Waals surface area (Å²) in [4.78, 5) is 21.0. The molecule has 4 rings (SSSR count). The molecular formula is C23H25BrFN3O4S. The number of nitrogens with one attached hydrogen (secondary N) is 1. The Morgan fingerprint density at radius 2 is 2.18 bits per heavy atom. The Hall–Kier alpha value is -2.11. The van der Waals surface area contributed by atoms with Crippen LogP contribution in [-0.4, -0.2) is 61.3 Å². The second-order valence-electron chi connectivity index (χ2n) is 7.61. The van der Waals surface area contributed by atoms with Crippen LogP contribution in [0.15, 0.2) is 50.4 Å². The van der Waals surface area contributed by atoms with Crippen LogP contribution < -0.4 is 5.32 Å². The first-order valence-electron chi connectivity index (χ1n) is 10.7. The fourth-order valence-electron chi connectivity index (χ4n) is 3.88. The van der Waals surface area contributed by atoms with Gasteiger partial charge in [-0.25, -0.2) is 9.18 Å². The number of amidine groups is 1. The van der Waals surface area contributed by atoms with Gasteiger partial charge in [0.15, 0.2) is 0 Å². The molecule has 0 spiro atoms. The predicted octanol–water partition coefficient (Wildman–Crippen LogP) is 3.38. The lowest BCUT2D eigenvalue weighted by Crippen LogP contribution is -2.43. The lowest BCUT2D eigenvalue weighted by atomic mass is 9.95. The van der Waals surface area contributed by atoms with E-state index in [0.717, 1.165) is 23.5 Å². The number of carbonyl (C=O) groups is 1. The van der Waals surface area contributed by atoms with Crippen LogP contribution in [0.25, 0.3) is 0 Å². The molecule has 0 saturated carbocycles. The van der Waals surface area contributed by atoms with Gasteiger partial charge < -0.3 is 19.9 Å². The lowest BCUT2D eigenvalue weighted by Gasteiger charge is -2.32. The molecule has 0 radical (unpaired) electrons. The van der Waals surface area contributed by atoms with Gasteiger partial charge in [-0.15, -0.1) is 11.3 Å². The molecule has 33 heavy (non-hydrogen) atoms. The van der Waals surface area contributed by atoms with E-state index >= 15 is 0 Å². The second-order valence-corrected chi connectivity index (χ2v) is 9.38. The standard InChI is InChI=1S/C23H25BrFN3O4S/c1-2-32-23(30)19-18(12-28-6-8-31-9-7-28)26-22(21-14(13-29)5-10-33-21)27-20(19)16-4-3-15(25)11-17(16)24/h3-5,10-11,20,29H,2,6-9,12-13H2,1H3,(H,26,27). The van der Waals surface area contributed by atoms with Crippen molar-refractivity contribution in [2.45, 2.75) is 19.6 Å². The van der Waals surface area contributed by atoms with Crippen LogP contribution in [0, 0.1) is 5.82 Å². The molecule has 0 bridgehead atoms. The number of nitrogens with zero attached hydrogens (tertiary/aromatic N) is 2. The van der Waals surface area contributed by atoms with Gasteiger partial charge >= 0.3 is 5.97 Å². The van der Waals surface area contributed by atoms with Crippen molar-refractivity contribution in [3.63, 3.8) is 0 Å². The van der Waals surface area contributed by atoms with E-state index in [0.29, 0.717) is 46.9 Å². The topological polar surface area (TPSA) is 83.4 Å². The average Bonchev–Trinajstić information content (AvgIpc) is 3.28. The van der Waals surface area contributed by atoms with Gasteiger partial charge in [0.25, 0.3) is 0 Å². The minimum absolute atomic E-state index is 0.127. The van der Waals surface area contributed by atoms with Crippen LogP contribution in [0.2, 0.25) is 0 Å². The molecule has 1 aromatic heterocycles. The molecule has 1 fully saturated rings. The van der Waals surface area contributed by atoms with Crippen molar-refractivity contribution in [2.24, 2.45) is 4.99 Å². The summed E-state index contributed by atoms with van der Waals surface area (Å²) in [6, 6.07) is 5.48. The zero-order valence-electron chi connectivity index (χ0n) is 18.1. The van der Waals surface area contributed by atoms with E-state index in [2.05, 4.69) is 26.1 Å². The van der Waals surface area contributed by atoms with E-state index in [1.807, 2.05) is 11.4 Å². The fourth-order valence-corrected chi connectivity index (χ4v) is 5.32. The van der Waals surface area contributed by atoms with E-state index in [4.69, 9.17) is 14.5 Å². The second kappa shape index (κ2) is 10.9. The molecule has 2 N–H and O–H groups in total. The Morgan fingerprint density at radius 3 is 2.88 bits per heavy atom. The number of aliphatic hydroxyl groups excluding tert-OH is 1. The third-order valence-corrected chi connectivity index (χ3v) is 7.15. The molecule has 2 aliphatic heterocycles. The summed E-state index contributed by atoms with van der Waals surface area (Å²) < 4.78 is 25.2. The maximum Gasteiger partial charge on any atom is 0.338 e. The monoisotopic (exact) mass is 537 g/mol. The summed E-state index contributed by atoms with van der Waals surface area (Å²) in [5, 5.41) is 15.0. The van der Waals surface area contributed by atoms with E-state index in [-0.39, 0.29) is 19.0 Å². The van der Waals surface area contributed by atoms with Gasteiger partial charge in [-0.1, -0.05) is 22.0 Å². The van der Waals surface area contributed by atoms with Gasteiger partial charge in [0.2, 0.25) is 0 Å². The minimum Gasteiger partial charge on any atom is -0.463 e. The number of hydrogen-bond donors (Lipinski definition) is 2. The first-order valence-corrected chi connectivity index (χ1v) is 12.4. The van der Waals surface area contributed by atoms with E-state index in [1.54, 1.807) is 13.0 Å². The van der Waals surface area contributed by atoms with E-state index in [9.17, 15) is 14.3 Å². The number of ether oxygens (including phenoxy) is 2. The summed E-state index contributed by atoms with van der Waals surface area (Å²) in [6.07, 6.45) is 0. The number of halogens is 2. The van der Waals surface area contributed by atoms with Gasteiger partial charge in [0.1, 0.15) is 17.7 Å². The summed E-state index contributed by atoms with van der Waals surface area (Å²) in [7, 11) is 0. The Balaban J connectivity index is 1.84. The highest BCUT2D eigenvalue weighted by atomic mass is 79.9. The number of esters is 1. The van der Waals surface area contributed by atoms with Gasteiger partial charge in [-0.05, 0) is 41.6 Å². The van der Waals surface area contributed by atoms with Crippen molar-refractivity contribution in [3.8, 4) is 0 Å². The Labute approximate surface area is 204 Å². The van der Waals surface area contributed by atoms with Crippen molar-refractivity contribution in [1.82, 2.24) is 10.2 Å². The molecule has 1 saturated heterocycles. The van der Waals surface area contributed by atoms with Crippen molar-refractivity contribution in [1.29, 1.82) is 0 Å². The Kier molecular flexibility index (Phi) is 7.92. The highest BCUT2D eigenvalue weighted by Gasteiger charge is 2.34. The molecule has 1 unspecified atom stereocenters. The molecule has 0 amide bonds. The maximum absolute atomic E-state index is 13.8. The minimum atomic E-state index is -0.708. The van der Waals surface area contributed by atoms with Gasteiger partial charge in [0, 0.05) is 29.8 Å². The SMILES string of the molecule is CCOC(=O)C1=C(CN2CCOCC2)NC(c2sccc2CO)=NC1c1ccc(F)cc1Br. The Morgan fingerprint density at radius 1 is 1.39 bits per heavy atom. The summed E-state index contributed by atoms with van der Waals surface area (Å²) in [5.41, 5.74) is 2.47. The highest BCUT2D eigenvalue weighted by Crippen LogP contribution is 2.37. The quantitative estimate of drug-likeness (QED) is 0.527. The molecule has 2 aliphatic rings. The number of hydrogen-bond acceptors (Lipinski definition) is 8. The zero-order valence-corrected chi connectivity index (χ0v) is 20.5. The third-order valence-electron chi connectivity index (χ3n) is 5.50. The zero-order chi connectivity index (χ0) is 23.4. The lowest BCUT2D eigenvalue weighted by molar-refractivity contribution is -0.139. The Bertz CT molecular complexity index is 1080. The molecular weight excluding hydrogens is 513 g/mol. The number of benzene rings is 1. The average molecular weight is 538 g/mol. The summed E-state index contributed by atoms with van der Waals surface area (Å²) in [5.74, 6) is -0.294. The van der Waals surface area contributed by atoms with Gasteiger partial charge in [-0.2, -0.15) is 0 Å². The highest BCUT2D eigenvalue weighted by molar-refractivity contribution is 9.10. The first kappa shape index (κ1) is 24.0. The molecule has 2 aromatic rings. The van der Waals surface area contributed by atoms with Crippen molar-refractivity contribution in [3.05, 3.63) is 67.2 Å². The van der Waals surface area contributed by atoms with Crippen LogP contribution in [0.5, 0.6) is 0 Å². The normalized spacial score (nSPS) is 19.3. The number of thiophene rings is 1. The molecule has 0 aliphatic carbocycles. The summed E-state index contributed by atoms with van der Waals surface area (Å²) >= 11 is 4.90. The molecule has 7 nitrogen and oxygen atoms in total. The molecule has 3 heterocycles. The number of aliphatic imine (C=N–C) groups is 1. The predicted molar refractivity (Wildman–Crippen MR) is 128 cm³/mol. The van der Waals surface area contributed by atoms with Gasteiger partial charge in [-0.3, -0.25) is 9.89 Å². The smallest absolute Gasteiger partial charge is 0.338 e. The van der Waals surface area contributed by atoms with Crippen LogP contribution >= 0.6 is 27.3 Å². The van der Waals surface area contributed by atoms with Crippen molar-refractivity contribution in [2.75, 3.05) is 39.5 Å². The molecule has 176 valence electrons. The summed E-state index contributed by atoms with van der Waals surface area (Å²) in [6.45, 7) is 5.04. The van der Waals surface area contributed by atoms with E-state index < -0.39 is 12.0 Å². The molecule has 1 aromatic carbocycles. The largest absolute Gasteiger partial charge is 0.463 e. The third kappa shape index (κ3) is 5.36. The fraction of sp³-hybridized carbons (Fsp3) is 0.391. The first-order chi connectivity index (χ1) is 16.0.